The van der Waals surface area contributed by atoms with Crippen molar-refractivity contribution in [3.8, 4) is 5.88 Å². The zero-order chi connectivity index (χ0) is 17.1. The number of rotatable bonds is 4. The predicted octanol–water partition coefficient (Wildman–Crippen LogP) is 2.41. The van der Waals surface area contributed by atoms with Gasteiger partial charge in [0.05, 0.1) is 17.6 Å². The standard InChI is InChI=1S/C17H22N4O3/c1-11-16(12(2)24-20-11)17(22)19-13-4-5-15(18-10-13)23-14-6-8-21(3)9-7-14/h4-5,10,14H,6-9H2,1-3H3,(H,19,22). The second-order valence-corrected chi connectivity index (χ2v) is 6.16. The molecule has 0 radical (unpaired) electrons. The lowest BCUT2D eigenvalue weighted by Gasteiger charge is -2.28. The first-order valence-corrected chi connectivity index (χ1v) is 8.08. The number of carbonyl (C=O) groups is 1. The van der Waals surface area contributed by atoms with Gasteiger partial charge in [-0.3, -0.25) is 4.79 Å². The fourth-order valence-corrected chi connectivity index (χ4v) is 2.80. The van der Waals surface area contributed by atoms with E-state index in [1.165, 1.54) is 0 Å². The van der Waals surface area contributed by atoms with Gasteiger partial charge in [0.25, 0.3) is 5.91 Å². The largest absolute Gasteiger partial charge is 0.474 e. The summed E-state index contributed by atoms with van der Waals surface area (Å²) in [7, 11) is 2.12. The first-order valence-electron chi connectivity index (χ1n) is 8.08. The van der Waals surface area contributed by atoms with Crippen LogP contribution < -0.4 is 10.1 Å². The SMILES string of the molecule is Cc1noc(C)c1C(=O)Nc1ccc(OC2CCN(C)CC2)nc1. The molecule has 1 aliphatic heterocycles. The van der Waals surface area contributed by atoms with Crippen LogP contribution in [0.5, 0.6) is 5.88 Å². The predicted molar refractivity (Wildman–Crippen MR) is 89.3 cm³/mol. The van der Waals surface area contributed by atoms with Crippen molar-refractivity contribution in [2.45, 2.75) is 32.8 Å². The molecule has 0 aromatic carbocycles. The third-order valence-corrected chi connectivity index (χ3v) is 4.21. The van der Waals surface area contributed by atoms with Gasteiger partial charge >= 0.3 is 0 Å². The van der Waals surface area contributed by atoms with E-state index in [9.17, 15) is 4.79 Å². The minimum Gasteiger partial charge on any atom is -0.474 e. The molecule has 0 spiro atoms. The third kappa shape index (κ3) is 3.73. The summed E-state index contributed by atoms with van der Waals surface area (Å²) >= 11 is 0. The Balaban J connectivity index is 1.59. The number of pyridine rings is 1. The Hall–Kier alpha value is -2.41. The molecule has 0 saturated carbocycles. The van der Waals surface area contributed by atoms with Crippen LogP contribution in [0.2, 0.25) is 0 Å². The fourth-order valence-electron chi connectivity index (χ4n) is 2.80. The number of nitrogens with one attached hydrogen (secondary N) is 1. The molecule has 1 fully saturated rings. The number of ether oxygens (including phenoxy) is 1. The lowest BCUT2D eigenvalue weighted by molar-refractivity contribution is 0.102. The van der Waals surface area contributed by atoms with Crippen molar-refractivity contribution in [2.24, 2.45) is 0 Å². The molecule has 1 saturated heterocycles. The van der Waals surface area contributed by atoms with Gasteiger partial charge in [0.1, 0.15) is 17.4 Å². The van der Waals surface area contributed by atoms with E-state index in [-0.39, 0.29) is 12.0 Å². The van der Waals surface area contributed by atoms with Crippen LogP contribution >= 0.6 is 0 Å². The molecule has 1 N–H and O–H groups in total. The summed E-state index contributed by atoms with van der Waals surface area (Å²) in [5, 5.41) is 6.59. The normalized spacial score (nSPS) is 16.1. The van der Waals surface area contributed by atoms with Crippen molar-refractivity contribution in [1.82, 2.24) is 15.0 Å². The van der Waals surface area contributed by atoms with Crippen LogP contribution in [0.3, 0.4) is 0 Å². The first-order chi connectivity index (χ1) is 11.5. The second-order valence-electron chi connectivity index (χ2n) is 6.16. The van der Waals surface area contributed by atoms with Crippen molar-refractivity contribution in [3.63, 3.8) is 0 Å². The van der Waals surface area contributed by atoms with Gasteiger partial charge in [-0.25, -0.2) is 4.98 Å². The summed E-state index contributed by atoms with van der Waals surface area (Å²) in [6.45, 7) is 5.53. The summed E-state index contributed by atoms with van der Waals surface area (Å²) < 4.78 is 10.9. The van der Waals surface area contributed by atoms with E-state index in [0.717, 1.165) is 25.9 Å². The molecule has 0 bridgehead atoms. The maximum absolute atomic E-state index is 12.3. The number of likely N-dealkylation sites (tertiary alicyclic amines) is 1. The highest BCUT2D eigenvalue weighted by atomic mass is 16.5. The molecule has 0 unspecified atom stereocenters. The van der Waals surface area contributed by atoms with E-state index in [1.807, 2.05) is 0 Å². The van der Waals surface area contributed by atoms with Gasteiger partial charge in [0, 0.05) is 19.2 Å². The number of anilines is 1. The van der Waals surface area contributed by atoms with E-state index < -0.39 is 0 Å². The molecule has 2 aromatic rings. The molecule has 24 heavy (non-hydrogen) atoms. The van der Waals surface area contributed by atoms with Crippen LogP contribution in [-0.4, -0.2) is 47.2 Å². The Kier molecular flexibility index (Phi) is 4.80. The van der Waals surface area contributed by atoms with Crippen LogP contribution in [0, 0.1) is 13.8 Å². The van der Waals surface area contributed by atoms with Crippen LogP contribution in [0.1, 0.15) is 34.7 Å². The van der Waals surface area contributed by atoms with E-state index in [2.05, 4.69) is 27.4 Å². The number of hydrogen-bond donors (Lipinski definition) is 1. The Morgan fingerprint density at radius 2 is 2.08 bits per heavy atom. The topological polar surface area (TPSA) is 80.5 Å². The minimum atomic E-state index is -0.253. The number of nitrogens with zero attached hydrogens (tertiary/aromatic N) is 3. The molecule has 7 nitrogen and oxygen atoms in total. The molecule has 3 rings (SSSR count). The van der Waals surface area contributed by atoms with Gasteiger partial charge in [-0.05, 0) is 39.8 Å². The molecule has 3 heterocycles. The first kappa shape index (κ1) is 16.4. The van der Waals surface area contributed by atoms with Gasteiger partial charge in [-0.2, -0.15) is 0 Å². The third-order valence-electron chi connectivity index (χ3n) is 4.21. The highest BCUT2D eigenvalue weighted by Crippen LogP contribution is 2.19. The Bertz CT molecular complexity index is 684. The van der Waals surface area contributed by atoms with Crippen molar-refractivity contribution in [1.29, 1.82) is 0 Å². The zero-order valence-corrected chi connectivity index (χ0v) is 14.2. The summed E-state index contributed by atoms with van der Waals surface area (Å²) in [4.78, 5) is 18.8. The Morgan fingerprint density at radius 1 is 1.33 bits per heavy atom. The molecule has 1 aliphatic rings. The van der Waals surface area contributed by atoms with E-state index in [0.29, 0.717) is 28.6 Å². The fraction of sp³-hybridized carbons (Fsp3) is 0.471. The maximum atomic E-state index is 12.3. The van der Waals surface area contributed by atoms with E-state index in [4.69, 9.17) is 9.26 Å². The van der Waals surface area contributed by atoms with Crippen molar-refractivity contribution < 1.29 is 14.1 Å². The molecule has 0 atom stereocenters. The highest BCUT2D eigenvalue weighted by Gasteiger charge is 2.19. The number of aromatic nitrogens is 2. The molecular formula is C17H22N4O3. The monoisotopic (exact) mass is 330 g/mol. The summed E-state index contributed by atoms with van der Waals surface area (Å²) in [6, 6.07) is 3.56. The summed E-state index contributed by atoms with van der Waals surface area (Å²) in [6.07, 6.45) is 3.81. The summed E-state index contributed by atoms with van der Waals surface area (Å²) in [5.74, 6) is 0.831. The van der Waals surface area contributed by atoms with Gasteiger partial charge in [0.2, 0.25) is 5.88 Å². The summed E-state index contributed by atoms with van der Waals surface area (Å²) in [5.41, 5.74) is 1.64. The number of amides is 1. The van der Waals surface area contributed by atoms with Crippen molar-refractivity contribution >= 4 is 11.6 Å². The van der Waals surface area contributed by atoms with Crippen LogP contribution in [0.25, 0.3) is 0 Å². The molecular weight excluding hydrogens is 308 g/mol. The lowest BCUT2D eigenvalue weighted by Crippen LogP contribution is -2.35. The molecule has 1 amide bonds. The molecule has 2 aromatic heterocycles. The molecule has 0 aliphatic carbocycles. The van der Waals surface area contributed by atoms with Crippen LogP contribution in [0.15, 0.2) is 22.9 Å². The zero-order valence-electron chi connectivity index (χ0n) is 14.2. The highest BCUT2D eigenvalue weighted by molar-refractivity contribution is 6.05. The lowest BCUT2D eigenvalue weighted by atomic mass is 10.1. The van der Waals surface area contributed by atoms with Crippen LogP contribution in [0.4, 0.5) is 5.69 Å². The molecule has 7 heteroatoms. The maximum Gasteiger partial charge on any atom is 0.261 e. The van der Waals surface area contributed by atoms with Gasteiger partial charge in [-0.1, -0.05) is 5.16 Å². The average Bonchev–Trinajstić information content (AvgIpc) is 2.90. The average molecular weight is 330 g/mol. The van der Waals surface area contributed by atoms with Crippen molar-refractivity contribution in [2.75, 3.05) is 25.5 Å². The number of carbonyl (C=O) groups excluding carboxylic acids is 1. The number of piperidine rings is 1. The Morgan fingerprint density at radius 3 is 2.67 bits per heavy atom. The quantitative estimate of drug-likeness (QED) is 0.927. The van der Waals surface area contributed by atoms with Gasteiger partial charge in [0.15, 0.2) is 0 Å². The van der Waals surface area contributed by atoms with Crippen molar-refractivity contribution in [3.05, 3.63) is 35.3 Å². The van der Waals surface area contributed by atoms with Crippen LogP contribution in [-0.2, 0) is 0 Å². The minimum absolute atomic E-state index is 0.205. The Labute approximate surface area is 141 Å². The molecule has 128 valence electrons. The number of hydrogen-bond acceptors (Lipinski definition) is 6. The number of aryl methyl sites for hydroxylation is 2. The smallest absolute Gasteiger partial charge is 0.261 e. The van der Waals surface area contributed by atoms with E-state index >= 15 is 0 Å². The van der Waals surface area contributed by atoms with Gasteiger partial charge < -0.3 is 19.5 Å². The van der Waals surface area contributed by atoms with Gasteiger partial charge in [-0.15, -0.1) is 0 Å². The second kappa shape index (κ2) is 7.00. The van der Waals surface area contributed by atoms with E-state index in [1.54, 1.807) is 32.2 Å².